The molecule has 2 unspecified atom stereocenters. The SMILES string of the molecule is CC(Cc1ccco1)NC1CCC12CCCCC2. The molecule has 1 aromatic heterocycles. The summed E-state index contributed by atoms with van der Waals surface area (Å²) >= 11 is 0. The highest BCUT2D eigenvalue weighted by Crippen LogP contribution is 2.51. The minimum Gasteiger partial charge on any atom is -0.469 e. The monoisotopic (exact) mass is 247 g/mol. The van der Waals surface area contributed by atoms with Crippen LogP contribution in [0, 0.1) is 5.41 Å². The number of rotatable bonds is 4. The van der Waals surface area contributed by atoms with Crippen LogP contribution in [0.15, 0.2) is 22.8 Å². The topological polar surface area (TPSA) is 25.2 Å². The van der Waals surface area contributed by atoms with Gasteiger partial charge in [0.25, 0.3) is 0 Å². The molecule has 2 fully saturated rings. The van der Waals surface area contributed by atoms with Crippen LogP contribution in [0.3, 0.4) is 0 Å². The van der Waals surface area contributed by atoms with E-state index in [4.69, 9.17) is 4.42 Å². The Morgan fingerprint density at radius 2 is 2.17 bits per heavy atom. The first kappa shape index (κ1) is 12.3. The lowest BCUT2D eigenvalue weighted by atomic mass is 9.57. The van der Waals surface area contributed by atoms with Crippen LogP contribution < -0.4 is 5.32 Å². The molecule has 0 aliphatic heterocycles. The van der Waals surface area contributed by atoms with Crippen LogP contribution >= 0.6 is 0 Å². The van der Waals surface area contributed by atoms with Gasteiger partial charge in [0.2, 0.25) is 0 Å². The van der Waals surface area contributed by atoms with Crippen LogP contribution in [-0.2, 0) is 6.42 Å². The molecule has 2 aliphatic rings. The largest absolute Gasteiger partial charge is 0.469 e. The molecule has 0 radical (unpaired) electrons. The van der Waals surface area contributed by atoms with Gasteiger partial charge in [0, 0.05) is 18.5 Å². The average molecular weight is 247 g/mol. The second-order valence-corrected chi connectivity index (χ2v) is 6.37. The molecule has 2 heteroatoms. The summed E-state index contributed by atoms with van der Waals surface area (Å²) in [6, 6.07) is 5.35. The molecule has 2 atom stereocenters. The van der Waals surface area contributed by atoms with E-state index in [1.165, 1.54) is 44.9 Å². The Morgan fingerprint density at radius 1 is 1.33 bits per heavy atom. The summed E-state index contributed by atoms with van der Waals surface area (Å²) in [6.45, 7) is 2.29. The first-order valence-corrected chi connectivity index (χ1v) is 7.57. The summed E-state index contributed by atoms with van der Waals surface area (Å²) in [5, 5.41) is 3.86. The quantitative estimate of drug-likeness (QED) is 0.872. The Balaban J connectivity index is 1.53. The molecular formula is C16H25NO. The maximum absolute atomic E-state index is 5.43. The van der Waals surface area contributed by atoms with Crippen LogP contribution in [-0.4, -0.2) is 12.1 Å². The highest BCUT2D eigenvalue weighted by atomic mass is 16.3. The van der Waals surface area contributed by atoms with Crippen molar-refractivity contribution in [1.29, 1.82) is 0 Å². The molecule has 2 saturated carbocycles. The average Bonchev–Trinajstić information content (AvgIpc) is 2.88. The summed E-state index contributed by atoms with van der Waals surface area (Å²) in [4.78, 5) is 0. The van der Waals surface area contributed by atoms with Crippen molar-refractivity contribution in [2.45, 2.75) is 70.4 Å². The summed E-state index contributed by atoms with van der Waals surface area (Å²) in [5.74, 6) is 1.10. The lowest BCUT2D eigenvalue weighted by Crippen LogP contribution is -2.56. The maximum atomic E-state index is 5.43. The van der Waals surface area contributed by atoms with Crippen molar-refractivity contribution in [3.05, 3.63) is 24.2 Å². The van der Waals surface area contributed by atoms with Crippen LogP contribution in [0.1, 0.15) is 57.6 Å². The Kier molecular flexibility index (Phi) is 3.47. The molecule has 0 saturated heterocycles. The van der Waals surface area contributed by atoms with E-state index in [0.717, 1.165) is 18.2 Å². The van der Waals surface area contributed by atoms with E-state index in [1.807, 2.05) is 6.07 Å². The standard InChI is InChI=1S/C16H25NO/c1-13(12-14-6-5-11-18-14)17-15-7-10-16(15)8-3-2-4-9-16/h5-6,11,13,15,17H,2-4,7-10,12H2,1H3. The summed E-state index contributed by atoms with van der Waals surface area (Å²) < 4.78 is 5.43. The molecule has 2 nitrogen and oxygen atoms in total. The fraction of sp³-hybridized carbons (Fsp3) is 0.750. The van der Waals surface area contributed by atoms with E-state index >= 15 is 0 Å². The molecule has 100 valence electrons. The number of hydrogen-bond acceptors (Lipinski definition) is 2. The van der Waals surface area contributed by atoms with Gasteiger partial charge < -0.3 is 9.73 Å². The Hall–Kier alpha value is -0.760. The molecule has 0 aromatic carbocycles. The molecular weight excluding hydrogens is 222 g/mol. The normalized spacial score (nSPS) is 27.9. The fourth-order valence-corrected chi connectivity index (χ4v) is 3.94. The number of furan rings is 1. The number of nitrogens with one attached hydrogen (secondary N) is 1. The van der Waals surface area contributed by atoms with Crippen molar-refractivity contribution in [3.8, 4) is 0 Å². The van der Waals surface area contributed by atoms with Crippen molar-refractivity contribution in [2.75, 3.05) is 0 Å². The van der Waals surface area contributed by atoms with E-state index in [-0.39, 0.29) is 0 Å². The van der Waals surface area contributed by atoms with Crippen LogP contribution in [0.25, 0.3) is 0 Å². The molecule has 1 spiro atoms. The predicted molar refractivity (Wildman–Crippen MR) is 73.5 cm³/mol. The summed E-state index contributed by atoms with van der Waals surface area (Å²) in [6.07, 6.45) is 12.9. The first-order chi connectivity index (χ1) is 8.78. The third-order valence-electron chi connectivity index (χ3n) is 5.09. The Bertz CT molecular complexity index is 364. The lowest BCUT2D eigenvalue weighted by Gasteiger charge is -2.53. The summed E-state index contributed by atoms with van der Waals surface area (Å²) in [5.41, 5.74) is 0.662. The Morgan fingerprint density at radius 3 is 2.78 bits per heavy atom. The Labute approximate surface area is 110 Å². The molecule has 1 aromatic rings. The molecule has 1 heterocycles. The zero-order valence-electron chi connectivity index (χ0n) is 11.5. The fourth-order valence-electron chi connectivity index (χ4n) is 3.94. The third-order valence-corrected chi connectivity index (χ3v) is 5.09. The van der Waals surface area contributed by atoms with Gasteiger partial charge in [0.15, 0.2) is 0 Å². The zero-order chi connectivity index (χ0) is 12.4. The molecule has 1 N–H and O–H groups in total. The third kappa shape index (κ3) is 2.35. The minimum atomic E-state index is 0.528. The smallest absolute Gasteiger partial charge is 0.105 e. The van der Waals surface area contributed by atoms with Crippen LogP contribution in [0.5, 0.6) is 0 Å². The van der Waals surface area contributed by atoms with Crippen LogP contribution in [0.2, 0.25) is 0 Å². The van der Waals surface area contributed by atoms with Gasteiger partial charge in [0.05, 0.1) is 6.26 Å². The van der Waals surface area contributed by atoms with E-state index in [2.05, 4.69) is 18.3 Å². The van der Waals surface area contributed by atoms with Gasteiger partial charge in [-0.05, 0) is 50.2 Å². The van der Waals surface area contributed by atoms with Gasteiger partial charge in [-0.25, -0.2) is 0 Å². The van der Waals surface area contributed by atoms with Crippen molar-refractivity contribution in [3.63, 3.8) is 0 Å². The van der Waals surface area contributed by atoms with Crippen LogP contribution in [0.4, 0.5) is 0 Å². The van der Waals surface area contributed by atoms with E-state index in [1.54, 1.807) is 6.26 Å². The van der Waals surface area contributed by atoms with Crippen molar-refractivity contribution in [2.24, 2.45) is 5.41 Å². The first-order valence-electron chi connectivity index (χ1n) is 7.57. The van der Waals surface area contributed by atoms with E-state index in [9.17, 15) is 0 Å². The highest BCUT2D eigenvalue weighted by Gasteiger charge is 2.46. The molecule has 2 aliphatic carbocycles. The zero-order valence-corrected chi connectivity index (χ0v) is 11.5. The second-order valence-electron chi connectivity index (χ2n) is 6.37. The molecule has 18 heavy (non-hydrogen) atoms. The highest BCUT2D eigenvalue weighted by molar-refractivity contribution is 5.04. The van der Waals surface area contributed by atoms with E-state index < -0.39 is 0 Å². The molecule has 3 rings (SSSR count). The van der Waals surface area contributed by atoms with Gasteiger partial charge in [-0.3, -0.25) is 0 Å². The van der Waals surface area contributed by atoms with Gasteiger partial charge in [-0.1, -0.05) is 19.3 Å². The predicted octanol–water partition coefficient (Wildman–Crippen LogP) is 3.91. The number of hydrogen-bond donors (Lipinski definition) is 1. The van der Waals surface area contributed by atoms with Gasteiger partial charge >= 0.3 is 0 Å². The van der Waals surface area contributed by atoms with Crippen molar-refractivity contribution >= 4 is 0 Å². The molecule has 0 amide bonds. The summed E-state index contributed by atoms with van der Waals surface area (Å²) in [7, 11) is 0. The van der Waals surface area contributed by atoms with Crippen molar-refractivity contribution in [1.82, 2.24) is 5.32 Å². The maximum Gasteiger partial charge on any atom is 0.105 e. The second kappa shape index (κ2) is 5.08. The van der Waals surface area contributed by atoms with E-state index in [0.29, 0.717) is 11.5 Å². The van der Waals surface area contributed by atoms with Gasteiger partial charge in [-0.2, -0.15) is 0 Å². The van der Waals surface area contributed by atoms with Gasteiger partial charge in [0.1, 0.15) is 5.76 Å². The molecule has 0 bridgehead atoms. The minimum absolute atomic E-state index is 0.528. The lowest BCUT2D eigenvalue weighted by molar-refractivity contribution is 0.0173. The van der Waals surface area contributed by atoms with Crippen molar-refractivity contribution < 1.29 is 4.42 Å². The van der Waals surface area contributed by atoms with Gasteiger partial charge in [-0.15, -0.1) is 0 Å².